The number of allylic oxidation sites excluding steroid dienone is 2. The van der Waals surface area contributed by atoms with Crippen molar-refractivity contribution in [2.45, 2.75) is 104 Å². The summed E-state index contributed by atoms with van der Waals surface area (Å²) in [7, 11) is -1.95. The van der Waals surface area contributed by atoms with Gasteiger partial charge in [0.2, 0.25) is 0 Å². The van der Waals surface area contributed by atoms with Gasteiger partial charge in [-0.1, -0.05) is 67.5 Å². The fourth-order valence-corrected chi connectivity index (χ4v) is 11.0. The van der Waals surface area contributed by atoms with E-state index in [4.69, 9.17) is 0 Å². The molecule has 0 rings (SSSR count). The highest BCUT2D eigenvalue weighted by atomic mass is 28.3. The van der Waals surface area contributed by atoms with Crippen LogP contribution >= 0.6 is 0 Å². The summed E-state index contributed by atoms with van der Waals surface area (Å²) in [5.41, 5.74) is 1.50. The molecule has 0 aliphatic carbocycles. The van der Waals surface area contributed by atoms with Gasteiger partial charge >= 0.3 is 0 Å². The van der Waals surface area contributed by atoms with Crippen molar-refractivity contribution in [1.29, 1.82) is 0 Å². The minimum Gasteiger partial charge on any atom is -0.305 e. The van der Waals surface area contributed by atoms with E-state index in [1.807, 2.05) is 6.92 Å². The van der Waals surface area contributed by atoms with Crippen molar-refractivity contribution in [3.05, 3.63) is 12.2 Å². The van der Waals surface area contributed by atoms with E-state index < -0.39 is 8.07 Å². The smallest absolute Gasteiger partial charge is 0.140 e. The molecule has 24 heavy (non-hydrogen) atoms. The number of carbonyl (C=O) groups excluding carboxylic acids is 2. The summed E-state index contributed by atoms with van der Waals surface area (Å²) in [6, 6.07) is 0. The summed E-state index contributed by atoms with van der Waals surface area (Å²) >= 11 is 0. The third-order valence-electron chi connectivity index (χ3n) is 5.53. The molecule has 0 N–H and O–H groups in total. The first-order valence-electron chi connectivity index (χ1n) is 9.82. The molecule has 0 radical (unpaired) electrons. The molecule has 0 bridgehead atoms. The molecule has 1 atom stereocenters. The molecule has 0 saturated carbocycles. The van der Waals surface area contributed by atoms with Crippen LogP contribution in [0.5, 0.6) is 0 Å². The van der Waals surface area contributed by atoms with Crippen LogP contribution in [0.3, 0.4) is 0 Å². The largest absolute Gasteiger partial charge is 0.305 e. The zero-order chi connectivity index (χ0) is 18.9. The normalized spacial score (nSPS) is 14.1. The number of ketones is 1. The molecule has 0 aromatic carbocycles. The van der Waals surface area contributed by atoms with Crippen LogP contribution in [0.4, 0.5) is 0 Å². The zero-order valence-electron chi connectivity index (χ0n) is 17.3. The van der Waals surface area contributed by atoms with Crippen molar-refractivity contribution >= 4 is 19.3 Å². The number of hydrogen-bond donors (Lipinski definition) is 0. The first-order chi connectivity index (χ1) is 11.1. The Morgan fingerprint density at radius 2 is 1.42 bits per heavy atom. The van der Waals surface area contributed by atoms with Crippen LogP contribution in [-0.2, 0) is 9.59 Å². The minimum atomic E-state index is -1.95. The zero-order valence-corrected chi connectivity index (χ0v) is 18.3. The Labute approximate surface area is 151 Å². The lowest BCUT2D eigenvalue weighted by atomic mass is 10.0. The van der Waals surface area contributed by atoms with Gasteiger partial charge in [0.1, 0.15) is 19.3 Å². The molecule has 0 aromatic rings. The summed E-state index contributed by atoms with van der Waals surface area (Å²) in [4.78, 5) is 24.5. The van der Waals surface area contributed by atoms with Gasteiger partial charge in [-0.3, -0.25) is 4.79 Å². The molecule has 1 unspecified atom stereocenters. The lowest BCUT2D eigenvalue weighted by Crippen LogP contribution is -2.52. The lowest BCUT2D eigenvalue weighted by molar-refractivity contribution is -0.119. The fourth-order valence-electron chi connectivity index (χ4n) is 4.46. The summed E-state index contributed by atoms with van der Waals surface area (Å²) in [5, 5.41) is 0.560. The minimum absolute atomic E-state index is 0.309. The summed E-state index contributed by atoms with van der Waals surface area (Å²) in [5.74, 6) is 0.632. The van der Waals surface area contributed by atoms with Gasteiger partial charge in [0.25, 0.3) is 0 Å². The van der Waals surface area contributed by atoms with E-state index in [2.05, 4.69) is 60.6 Å². The quantitative estimate of drug-likeness (QED) is 0.228. The Hall–Kier alpha value is -0.703. The van der Waals surface area contributed by atoms with E-state index in [-0.39, 0.29) is 0 Å². The Balaban J connectivity index is 4.59. The molecule has 0 fully saturated rings. The number of hydrogen-bond acceptors (Lipinski definition) is 2. The highest BCUT2D eigenvalue weighted by Crippen LogP contribution is 2.42. The van der Waals surface area contributed by atoms with Gasteiger partial charge in [-0.15, -0.1) is 0 Å². The van der Waals surface area contributed by atoms with Crippen LogP contribution in [0.15, 0.2) is 12.2 Å². The van der Waals surface area contributed by atoms with Crippen LogP contribution < -0.4 is 0 Å². The van der Waals surface area contributed by atoms with Gasteiger partial charge in [0.05, 0.1) is 0 Å². The van der Waals surface area contributed by atoms with Gasteiger partial charge in [-0.2, -0.15) is 0 Å². The highest BCUT2D eigenvalue weighted by Gasteiger charge is 2.48. The third-order valence-corrected chi connectivity index (χ3v) is 12.5. The maximum absolute atomic E-state index is 13.1. The topological polar surface area (TPSA) is 34.1 Å². The molecule has 0 saturated heterocycles. The average molecular weight is 353 g/mol. The standard InChI is InChI=1S/C21H40O2Si/c1-9-20(22)15-19(8)13-11-10-12-14-21(23)24(16(2)3,17(4)5)18(6)7/h11,13,16-19H,9-10,12,14-15H2,1-8H3/b13-11+. The molecule has 2 nitrogen and oxygen atoms in total. The maximum atomic E-state index is 13.1. The Kier molecular flexibility index (Phi) is 10.7. The van der Waals surface area contributed by atoms with Crippen molar-refractivity contribution < 1.29 is 9.59 Å². The van der Waals surface area contributed by atoms with E-state index in [0.29, 0.717) is 53.0 Å². The molecular weight excluding hydrogens is 312 g/mol. The van der Waals surface area contributed by atoms with Gasteiger partial charge in [-0.05, 0) is 35.4 Å². The van der Waals surface area contributed by atoms with Crippen molar-refractivity contribution in [2.24, 2.45) is 5.92 Å². The van der Waals surface area contributed by atoms with Gasteiger partial charge in [0, 0.05) is 19.3 Å². The van der Waals surface area contributed by atoms with E-state index in [0.717, 1.165) is 12.8 Å². The second-order valence-corrected chi connectivity index (χ2v) is 14.1. The molecule has 140 valence electrons. The van der Waals surface area contributed by atoms with E-state index in [9.17, 15) is 9.59 Å². The molecule has 0 aromatic heterocycles. The fraction of sp³-hybridized carbons (Fsp3) is 0.810. The Bertz CT molecular complexity index is 400. The summed E-state index contributed by atoms with van der Waals surface area (Å²) < 4.78 is 0. The first-order valence-corrected chi connectivity index (χ1v) is 12.0. The number of Topliss-reactive ketones (excluding diaryl/α,β-unsaturated/α-hetero) is 1. The molecule has 0 heterocycles. The van der Waals surface area contributed by atoms with E-state index >= 15 is 0 Å². The van der Waals surface area contributed by atoms with Crippen LogP contribution in [0.1, 0.15) is 87.5 Å². The van der Waals surface area contributed by atoms with Crippen molar-refractivity contribution in [1.82, 2.24) is 0 Å². The van der Waals surface area contributed by atoms with Crippen LogP contribution in [-0.4, -0.2) is 19.3 Å². The van der Waals surface area contributed by atoms with Crippen LogP contribution in [0, 0.1) is 5.92 Å². The second kappa shape index (κ2) is 11.0. The van der Waals surface area contributed by atoms with E-state index in [1.54, 1.807) is 0 Å². The predicted octanol–water partition coefficient (Wildman–Crippen LogP) is 6.51. The highest BCUT2D eigenvalue weighted by molar-refractivity contribution is 7.08. The van der Waals surface area contributed by atoms with Gasteiger partial charge < -0.3 is 4.79 Å². The Morgan fingerprint density at radius 3 is 1.83 bits per heavy atom. The van der Waals surface area contributed by atoms with E-state index in [1.165, 1.54) is 0 Å². The molecule has 0 aliphatic rings. The maximum Gasteiger partial charge on any atom is 0.140 e. The molecule has 0 aliphatic heterocycles. The lowest BCUT2D eigenvalue weighted by Gasteiger charge is -2.41. The van der Waals surface area contributed by atoms with Crippen LogP contribution in [0.25, 0.3) is 0 Å². The summed E-state index contributed by atoms with van der Waals surface area (Å²) in [6.45, 7) is 17.5. The third kappa shape index (κ3) is 6.31. The second-order valence-electron chi connectivity index (χ2n) is 8.21. The molecule has 0 amide bonds. The molecule has 3 heteroatoms. The number of rotatable bonds is 12. The molecule has 0 spiro atoms. The molecular formula is C21H40O2Si. The van der Waals surface area contributed by atoms with Crippen molar-refractivity contribution in [3.63, 3.8) is 0 Å². The van der Waals surface area contributed by atoms with Crippen molar-refractivity contribution in [3.8, 4) is 0 Å². The van der Waals surface area contributed by atoms with Gasteiger partial charge in [0.15, 0.2) is 0 Å². The Morgan fingerprint density at radius 1 is 0.917 bits per heavy atom. The summed E-state index contributed by atoms with van der Waals surface area (Å²) in [6.07, 6.45) is 8.14. The first kappa shape index (κ1) is 23.3. The number of unbranched alkanes of at least 4 members (excludes halogenated alkanes) is 1. The predicted molar refractivity (Wildman–Crippen MR) is 108 cm³/mol. The van der Waals surface area contributed by atoms with Gasteiger partial charge in [-0.25, -0.2) is 0 Å². The number of carbonyl (C=O) groups is 2. The van der Waals surface area contributed by atoms with Crippen LogP contribution in [0.2, 0.25) is 16.6 Å². The van der Waals surface area contributed by atoms with Crippen molar-refractivity contribution in [2.75, 3.05) is 0 Å². The monoisotopic (exact) mass is 352 g/mol. The SMILES string of the molecule is CCC(=O)CC(C)/C=C/CCCC(=O)[Si](C(C)C)(C(C)C)C(C)C. The average Bonchev–Trinajstić information content (AvgIpc) is 2.45.